The molecule has 0 spiro atoms. The first-order valence-corrected chi connectivity index (χ1v) is 5.15. The lowest BCUT2D eigenvalue weighted by atomic mass is 9.81. The second kappa shape index (κ2) is 3.12. The summed E-state index contributed by atoms with van der Waals surface area (Å²) >= 11 is 0. The topological polar surface area (TPSA) is 3.24 Å². The Hall–Kier alpha value is -0.250. The van der Waals surface area contributed by atoms with Gasteiger partial charge in [0.05, 0.1) is 5.54 Å². The van der Waals surface area contributed by atoms with Gasteiger partial charge in [0.25, 0.3) is 0 Å². The van der Waals surface area contributed by atoms with Gasteiger partial charge >= 0.3 is 0 Å². The smallest absolute Gasteiger partial charge is 0.151 e. The Morgan fingerprint density at radius 3 is 2.36 bits per heavy atom. The fraction of sp³-hybridized carbons (Fsp3) is 1.00. The van der Waals surface area contributed by atoms with E-state index in [-0.39, 0.29) is 25.4 Å². The molecule has 0 aromatic rings. The van der Waals surface area contributed by atoms with Crippen molar-refractivity contribution in [2.45, 2.75) is 44.3 Å². The van der Waals surface area contributed by atoms with E-state index in [1.54, 1.807) is 4.90 Å². The van der Waals surface area contributed by atoms with Crippen molar-refractivity contribution >= 4 is 0 Å². The number of alkyl halides is 3. The molecule has 2 rings (SSSR count). The molecule has 14 heavy (non-hydrogen) atoms. The first kappa shape index (κ1) is 10.3. The van der Waals surface area contributed by atoms with E-state index in [1.165, 1.54) is 0 Å². The molecule has 2 fully saturated rings. The molecule has 0 aromatic carbocycles. The van der Waals surface area contributed by atoms with E-state index in [2.05, 4.69) is 0 Å². The molecule has 4 heteroatoms. The maximum absolute atomic E-state index is 13.8. The highest BCUT2D eigenvalue weighted by Gasteiger charge is 2.61. The van der Waals surface area contributed by atoms with Crippen LogP contribution in [0.5, 0.6) is 0 Å². The molecule has 2 aliphatic rings. The number of hydrogen-bond acceptors (Lipinski definition) is 1. The second-order valence-corrected chi connectivity index (χ2v) is 4.77. The maximum Gasteiger partial charge on any atom is 0.151 e. The SMILES string of the molecule is CC(C)[C@]12C[C@@H](F)CN1C[C@@H](F)[C@H]2F. The highest BCUT2D eigenvalue weighted by Crippen LogP contribution is 2.47. The van der Waals surface area contributed by atoms with Gasteiger partial charge in [-0.1, -0.05) is 13.8 Å². The fourth-order valence-electron chi connectivity index (χ4n) is 3.02. The van der Waals surface area contributed by atoms with Crippen LogP contribution in [0.3, 0.4) is 0 Å². The molecule has 1 nitrogen and oxygen atoms in total. The van der Waals surface area contributed by atoms with Crippen molar-refractivity contribution in [2.24, 2.45) is 5.92 Å². The van der Waals surface area contributed by atoms with Crippen LogP contribution in [0.2, 0.25) is 0 Å². The Morgan fingerprint density at radius 2 is 1.86 bits per heavy atom. The predicted octanol–water partition coefficient (Wildman–Crippen LogP) is 2.11. The third-order valence-corrected chi connectivity index (χ3v) is 3.75. The van der Waals surface area contributed by atoms with E-state index in [1.807, 2.05) is 13.8 Å². The van der Waals surface area contributed by atoms with Gasteiger partial charge in [-0.2, -0.15) is 0 Å². The monoisotopic (exact) mass is 207 g/mol. The first-order chi connectivity index (χ1) is 6.48. The highest BCUT2D eigenvalue weighted by atomic mass is 19.2. The van der Waals surface area contributed by atoms with Crippen LogP contribution < -0.4 is 0 Å². The van der Waals surface area contributed by atoms with E-state index in [9.17, 15) is 13.2 Å². The number of fused-ring (bicyclic) bond motifs is 1. The van der Waals surface area contributed by atoms with Gasteiger partial charge in [0.2, 0.25) is 0 Å². The molecule has 82 valence electrons. The van der Waals surface area contributed by atoms with E-state index in [0.717, 1.165) is 0 Å². The number of nitrogens with zero attached hydrogens (tertiary/aromatic N) is 1. The Bertz CT molecular complexity index is 233. The molecular weight excluding hydrogens is 191 g/mol. The van der Waals surface area contributed by atoms with Crippen molar-refractivity contribution in [3.8, 4) is 0 Å². The van der Waals surface area contributed by atoms with Crippen molar-refractivity contribution in [2.75, 3.05) is 13.1 Å². The van der Waals surface area contributed by atoms with Crippen molar-refractivity contribution in [3.63, 3.8) is 0 Å². The summed E-state index contributed by atoms with van der Waals surface area (Å²) in [6, 6.07) is 0. The van der Waals surface area contributed by atoms with Gasteiger partial charge < -0.3 is 0 Å². The lowest BCUT2D eigenvalue weighted by molar-refractivity contribution is 0.0558. The number of halogens is 3. The average molecular weight is 207 g/mol. The zero-order chi connectivity index (χ0) is 10.5. The quantitative estimate of drug-likeness (QED) is 0.636. The Balaban J connectivity index is 2.31. The minimum absolute atomic E-state index is 0.0426. The van der Waals surface area contributed by atoms with Crippen LogP contribution in [0.1, 0.15) is 20.3 Å². The highest BCUT2D eigenvalue weighted by molar-refractivity contribution is 5.13. The summed E-state index contributed by atoms with van der Waals surface area (Å²) in [4.78, 5) is 1.66. The van der Waals surface area contributed by atoms with E-state index in [4.69, 9.17) is 0 Å². The summed E-state index contributed by atoms with van der Waals surface area (Å²) in [6.45, 7) is 3.93. The minimum Gasteiger partial charge on any atom is -0.288 e. The third-order valence-electron chi connectivity index (χ3n) is 3.75. The summed E-state index contributed by atoms with van der Waals surface area (Å²) in [5.74, 6) is -0.0426. The molecule has 4 atom stereocenters. The summed E-state index contributed by atoms with van der Waals surface area (Å²) in [5, 5.41) is 0. The molecule has 0 unspecified atom stereocenters. The summed E-state index contributed by atoms with van der Waals surface area (Å²) in [6.07, 6.45) is -3.82. The Labute approximate surface area is 82.3 Å². The molecule has 2 heterocycles. The van der Waals surface area contributed by atoms with Gasteiger partial charge in [0.15, 0.2) is 6.17 Å². The van der Waals surface area contributed by atoms with Gasteiger partial charge in [0, 0.05) is 19.5 Å². The van der Waals surface area contributed by atoms with Crippen molar-refractivity contribution in [1.29, 1.82) is 0 Å². The first-order valence-electron chi connectivity index (χ1n) is 5.15. The molecule has 0 aliphatic carbocycles. The van der Waals surface area contributed by atoms with Crippen LogP contribution in [0.25, 0.3) is 0 Å². The lowest BCUT2D eigenvalue weighted by Crippen LogP contribution is -2.49. The van der Waals surface area contributed by atoms with Crippen LogP contribution in [-0.2, 0) is 0 Å². The molecule has 0 N–H and O–H groups in total. The average Bonchev–Trinajstić information content (AvgIpc) is 2.51. The van der Waals surface area contributed by atoms with Crippen molar-refractivity contribution in [3.05, 3.63) is 0 Å². The number of hydrogen-bond donors (Lipinski definition) is 0. The molecule has 2 saturated heterocycles. The van der Waals surface area contributed by atoms with Gasteiger partial charge in [-0.15, -0.1) is 0 Å². The minimum atomic E-state index is -1.52. The van der Waals surface area contributed by atoms with Crippen LogP contribution in [0, 0.1) is 5.92 Å². The normalized spacial score (nSPS) is 48.9. The molecular formula is C10H16F3N. The molecule has 0 amide bonds. The molecule has 0 aromatic heterocycles. The maximum atomic E-state index is 13.8. The zero-order valence-electron chi connectivity index (χ0n) is 8.51. The van der Waals surface area contributed by atoms with Gasteiger partial charge in [0.1, 0.15) is 12.3 Å². The summed E-state index contributed by atoms with van der Waals surface area (Å²) < 4.78 is 40.2. The number of rotatable bonds is 1. The predicted molar refractivity (Wildman–Crippen MR) is 48.4 cm³/mol. The fourth-order valence-corrected chi connectivity index (χ4v) is 3.02. The van der Waals surface area contributed by atoms with E-state index in [0.29, 0.717) is 0 Å². The van der Waals surface area contributed by atoms with E-state index >= 15 is 0 Å². The van der Waals surface area contributed by atoms with Crippen LogP contribution in [0.15, 0.2) is 0 Å². The Morgan fingerprint density at radius 1 is 1.21 bits per heavy atom. The summed E-state index contributed by atoms with van der Waals surface area (Å²) in [7, 11) is 0. The van der Waals surface area contributed by atoms with Crippen LogP contribution >= 0.6 is 0 Å². The Kier molecular flexibility index (Phi) is 2.29. The van der Waals surface area contributed by atoms with E-state index < -0.39 is 24.1 Å². The van der Waals surface area contributed by atoms with Gasteiger partial charge in [-0.3, -0.25) is 4.90 Å². The van der Waals surface area contributed by atoms with Crippen molar-refractivity contribution in [1.82, 2.24) is 4.90 Å². The second-order valence-electron chi connectivity index (χ2n) is 4.77. The summed E-state index contributed by atoms with van der Waals surface area (Å²) in [5.41, 5.74) is -0.876. The van der Waals surface area contributed by atoms with Gasteiger partial charge in [-0.25, -0.2) is 13.2 Å². The van der Waals surface area contributed by atoms with Crippen molar-refractivity contribution < 1.29 is 13.2 Å². The molecule has 0 saturated carbocycles. The molecule has 0 bridgehead atoms. The van der Waals surface area contributed by atoms with Crippen LogP contribution in [-0.4, -0.2) is 42.0 Å². The third kappa shape index (κ3) is 1.12. The lowest BCUT2D eigenvalue weighted by Gasteiger charge is -2.37. The molecule has 2 aliphatic heterocycles. The zero-order valence-corrected chi connectivity index (χ0v) is 8.51. The largest absolute Gasteiger partial charge is 0.288 e. The standard InChI is InChI=1S/C10H16F3N/c1-6(2)10-3-7(11)4-14(10)5-8(12)9(10)13/h6-9H,3-5H2,1-2H3/t7-,8-,9-,10+/m1/s1. The molecule has 0 radical (unpaired) electrons. The van der Waals surface area contributed by atoms with Gasteiger partial charge in [-0.05, 0) is 5.92 Å². The van der Waals surface area contributed by atoms with Crippen LogP contribution in [0.4, 0.5) is 13.2 Å².